The van der Waals surface area contributed by atoms with Gasteiger partial charge in [-0.15, -0.1) is 11.7 Å². The fraction of sp³-hybridized carbons (Fsp3) is 0.591. The summed E-state index contributed by atoms with van der Waals surface area (Å²) < 4.78 is 19.0. The van der Waals surface area contributed by atoms with Crippen LogP contribution in [0.3, 0.4) is 0 Å². The molecule has 2 fully saturated rings. The molecule has 2 saturated heterocycles. The molecule has 0 bridgehead atoms. The highest BCUT2D eigenvalue weighted by Gasteiger charge is 2.33. The summed E-state index contributed by atoms with van der Waals surface area (Å²) in [6.07, 6.45) is 4.23. The van der Waals surface area contributed by atoms with Crippen molar-refractivity contribution in [2.75, 3.05) is 53.6 Å². The van der Waals surface area contributed by atoms with Gasteiger partial charge in [0.1, 0.15) is 17.5 Å². The number of hydrogen-bond acceptors (Lipinski definition) is 8. The molecular formula is C22H32ClN6O3-. The minimum atomic E-state index is -0.146. The molecule has 10 heteroatoms. The molecule has 0 saturated carbocycles. The van der Waals surface area contributed by atoms with Gasteiger partial charge in [-0.05, 0) is 41.5 Å². The van der Waals surface area contributed by atoms with E-state index in [1.165, 1.54) is 0 Å². The van der Waals surface area contributed by atoms with Crippen molar-refractivity contribution in [1.29, 1.82) is 0 Å². The number of hydrogen-bond donors (Lipinski definition) is 0. The molecule has 0 aliphatic carbocycles. The average molecular weight is 464 g/mol. The number of ether oxygens (including phenoxy) is 3. The number of rotatable bonds is 9. The summed E-state index contributed by atoms with van der Waals surface area (Å²) in [6, 6.07) is 5.75. The molecule has 9 nitrogen and oxygen atoms in total. The molecule has 0 amide bonds. The van der Waals surface area contributed by atoms with Crippen LogP contribution in [0.1, 0.15) is 30.3 Å². The van der Waals surface area contributed by atoms with Crippen LogP contribution in [0.4, 0.5) is 0 Å². The first kappa shape index (κ1) is 24.4. The predicted octanol–water partition coefficient (Wildman–Crippen LogP) is -1.23. The Morgan fingerprint density at radius 2 is 2.03 bits per heavy atom. The number of piperazine rings is 1. The first-order valence-corrected chi connectivity index (χ1v) is 10.9. The van der Waals surface area contributed by atoms with Crippen LogP contribution in [0.15, 0.2) is 30.9 Å². The molecular weight excluding hydrogens is 432 g/mol. The largest absolute Gasteiger partial charge is 1.00 e. The Labute approximate surface area is 195 Å². The number of benzene rings is 1. The fourth-order valence-electron chi connectivity index (χ4n) is 4.46. The number of tetrazole rings is 1. The number of methoxy groups -OCH3 is 2. The smallest absolute Gasteiger partial charge is 0.173 e. The van der Waals surface area contributed by atoms with E-state index in [9.17, 15) is 0 Å². The lowest BCUT2D eigenvalue weighted by molar-refractivity contribution is -0.00000878. The van der Waals surface area contributed by atoms with E-state index in [0.717, 1.165) is 75.1 Å². The maximum Gasteiger partial charge on any atom is 0.173 e. The summed E-state index contributed by atoms with van der Waals surface area (Å²) in [5.74, 6) is 2.38. The molecule has 1 aromatic carbocycles. The molecule has 2 unspecified atom stereocenters. The third-order valence-corrected chi connectivity index (χ3v) is 6.10. The Balaban J connectivity index is 0.00000289. The Morgan fingerprint density at radius 1 is 1.22 bits per heavy atom. The van der Waals surface area contributed by atoms with Crippen LogP contribution < -0.4 is 21.9 Å². The number of nitrogens with zero attached hydrogens (tertiary/aromatic N) is 6. The van der Waals surface area contributed by atoms with Gasteiger partial charge in [0.25, 0.3) is 0 Å². The van der Waals surface area contributed by atoms with Gasteiger partial charge in [-0.1, -0.05) is 6.08 Å². The standard InChI is InChI=1S/C22H32N6O3.ClH/c1-4-9-26-10-12-27(13-11-26)21(19-15-17(29-2)7-8-20(19)30-3)22-23-24-25-28(22)16-18-6-5-14-31-18;/h4,7-8,15,18,21H,1,5-6,9-14,16H2,2-3H3;1H/p-1. The highest BCUT2D eigenvalue weighted by atomic mass is 35.5. The lowest BCUT2D eigenvalue weighted by atomic mass is 10.0. The van der Waals surface area contributed by atoms with Gasteiger partial charge in [-0.25, -0.2) is 4.68 Å². The molecule has 0 radical (unpaired) electrons. The van der Waals surface area contributed by atoms with Crippen LogP contribution in [-0.2, 0) is 11.3 Å². The quantitative estimate of drug-likeness (QED) is 0.428. The van der Waals surface area contributed by atoms with E-state index in [4.69, 9.17) is 14.2 Å². The Kier molecular flexibility index (Phi) is 8.86. The van der Waals surface area contributed by atoms with Crippen LogP contribution >= 0.6 is 0 Å². The molecule has 2 aliphatic rings. The van der Waals surface area contributed by atoms with Crippen molar-refractivity contribution in [3.05, 3.63) is 42.2 Å². The van der Waals surface area contributed by atoms with E-state index in [0.29, 0.717) is 6.54 Å². The van der Waals surface area contributed by atoms with Gasteiger partial charge in [-0.2, -0.15) is 0 Å². The molecule has 0 spiro atoms. The molecule has 2 aromatic rings. The van der Waals surface area contributed by atoms with Gasteiger partial charge in [0, 0.05) is 44.9 Å². The summed E-state index contributed by atoms with van der Waals surface area (Å²) in [7, 11) is 3.37. The van der Waals surface area contributed by atoms with Gasteiger partial charge in [0.05, 0.1) is 26.9 Å². The lowest BCUT2D eigenvalue weighted by Crippen LogP contribution is -3.00. The third-order valence-electron chi connectivity index (χ3n) is 6.10. The maximum absolute atomic E-state index is 5.84. The lowest BCUT2D eigenvalue weighted by Gasteiger charge is -2.39. The predicted molar refractivity (Wildman–Crippen MR) is 116 cm³/mol. The van der Waals surface area contributed by atoms with E-state index in [1.807, 2.05) is 29.0 Å². The van der Waals surface area contributed by atoms with Gasteiger partial charge >= 0.3 is 0 Å². The van der Waals surface area contributed by atoms with Crippen molar-refractivity contribution in [2.24, 2.45) is 0 Å². The minimum absolute atomic E-state index is 0. The van der Waals surface area contributed by atoms with E-state index in [-0.39, 0.29) is 24.6 Å². The zero-order valence-corrected chi connectivity index (χ0v) is 19.6. The molecule has 0 N–H and O–H groups in total. The first-order valence-electron chi connectivity index (χ1n) is 10.9. The highest BCUT2D eigenvalue weighted by Crippen LogP contribution is 2.37. The second-order valence-electron chi connectivity index (χ2n) is 7.99. The fourth-order valence-corrected chi connectivity index (χ4v) is 4.46. The van der Waals surface area contributed by atoms with Crippen molar-refractivity contribution in [1.82, 2.24) is 30.0 Å². The summed E-state index contributed by atoms with van der Waals surface area (Å²) in [6.45, 7) is 9.94. The number of aromatic nitrogens is 4. The molecule has 1 aromatic heterocycles. The van der Waals surface area contributed by atoms with Crippen molar-refractivity contribution in [2.45, 2.75) is 31.5 Å². The van der Waals surface area contributed by atoms with Crippen molar-refractivity contribution >= 4 is 0 Å². The topological polar surface area (TPSA) is 77.8 Å². The monoisotopic (exact) mass is 463 g/mol. The molecule has 2 atom stereocenters. The van der Waals surface area contributed by atoms with Crippen LogP contribution in [-0.4, -0.2) is 89.7 Å². The third kappa shape index (κ3) is 5.40. The van der Waals surface area contributed by atoms with E-state index < -0.39 is 0 Å². The zero-order valence-electron chi connectivity index (χ0n) is 18.8. The second-order valence-corrected chi connectivity index (χ2v) is 7.99. The van der Waals surface area contributed by atoms with Crippen LogP contribution in [0, 0.1) is 0 Å². The van der Waals surface area contributed by atoms with Gasteiger partial charge in [-0.3, -0.25) is 9.80 Å². The Hall–Kier alpha value is -2.20. The second kappa shape index (κ2) is 11.6. The SMILES string of the molecule is C=CCN1CCN(C(c2cc(OC)ccc2OC)c2nnnn2CC2CCCO2)CC1.[Cl-]. The molecule has 2 aliphatic heterocycles. The molecule has 176 valence electrons. The zero-order chi connectivity index (χ0) is 21.6. The number of halogens is 1. The summed E-state index contributed by atoms with van der Waals surface area (Å²) >= 11 is 0. The van der Waals surface area contributed by atoms with Gasteiger partial charge in [0.2, 0.25) is 0 Å². The average Bonchev–Trinajstić information content (AvgIpc) is 3.48. The highest BCUT2D eigenvalue weighted by molar-refractivity contribution is 5.44. The van der Waals surface area contributed by atoms with Crippen LogP contribution in [0.5, 0.6) is 11.5 Å². The molecule has 4 rings (SSSR count). The van der Waals surface area contributed by atoms with Crippen molar-refractivity contribution in [3.8, 4) is 11.5 Å². The normalized spacial score (nSPS) is 20.5. The van der Waals surface area contributed by atoms with Crippen LogP contribution in [0.25, 0.3) is 0 Å². The maximum atomic E-state index is 5.84. The van der Waals surface area contributed by atoms with E-state index in [1.54, 1.807) is 14.2 Å². The Morgan fingerprint density at radius 3 is 2.69 bits per heavy atom. The molecule has 3 heterocycles. The summed E-state index contributed by atoms with van der Waals surface area (Å²) in [5, 5.41) is 12.8. The van der Waals surface area contributed by atoms with Gasteiger partial charge in [0.15, 0.2) is 5.82 Å². The van der Waals surface area contributed by atoms with Gasteiger partial charge < -0.3 is 26.6 Å². The Bertz CT molecular complexity index is 865. The van der Waals surface area contributed by atoms with Crippen molar-refractivity contribution in [3.63, 3.8) is 0 Å². The molecule has 32 heavy (non-hydrogen) atoms. The van der Waals surface area contributed by atoms with Crippen LogP contribution in [0.2, 0.25) is 0 Å². The van der Waals surface area contributed by atoms with Crippen molar-refractivity contribution < 1.29 is 26.6 Å². The summed E-state index contributed by atoms with van der Waals surface area (Å²) in [5.41, 5.74) is 1.00. The van der Waals surface area contributed by atoms with E-state index in [2.05, 4.69) is 31.9 Å². The summed E-state index contributed by atoms with van der Waals surface area (Å²) in [4.78, 5) is 4.83. The van der Waals surface area contributed by atoms with E-state index >= 15 is 0 Å². The minimum Gasteiger partial charge on any atom is -1.00 e. The first-order chi connectivity index (χ1) is 15.2.